The van der Waals surface area contributed by atoms with Gasteiger partial charge in [0, 0.05) is 22.5 Å². The van der Waals surface area contributed by atoms with Crippen LogP contribution in [-0.2, 0) is 0 Å². The molecular formula is C16H18N4O2. The van der Waals surface area contributed by atoms with Gasteiger partial charge in [-0.15, -0.1) is 0 Å². The maximum absolute atomic E-state index is 9.83. The van der Waals surface area contributed by atoms with Crippen LogP contribution in [0.15, 0.2) is 46.6 Å². The molecule has 0 bridgehead atoms. The minimum atomic E-state index is 0.0788. The van der Waals surface area contributed by atoms with Gasteiger partial charge < -0.3 is 21.7 Å². The van der Waals surface area contributed by atoms with E-state index in [0.29, 0.717) is 33.9 Å². The number of phenols is 2. The standard InChI is InChI=1S/C16H18N4O2/c1-9(13-7-11(17)3-5-15(13)21)19-20-10(2)14-8-12(18)4-6-16(14)22/h3-8,21-22H,17-18H2,1-2H3/b19-9+,20-10+. The van der Waals surface area contributed by atoms with Crippen LogP contribution in [0.25, 0.3) is 0 Å². The first-order valence-corrected chi connectivity index (χ1v) is 6.65. The second-order valence-electron chi connectivity index (χ2n) is 4.92. The Morgan fingerprint density at radius 3 is 1.50 bits per heavy atom. The highest BCUT2D eigenvalue weighted by atomic mass is 16.3. The predicted molar refractivity (Wildman–Crippen MR) is 89.5 cm³/mol. The van der Waals surface area contributed by atoms with Crippen molar-refractivity contribution in [3.05, 3.63) is 47.5 Å². The molecule has 0 saturated carbocycles. The maximum atomic E-state index is 9.83. The van der Waals surface area contributed by atoms with Crippen molar-refractivity contribution in [2.75, 3.05) is 11.5 Å². The fourth-order valence-electron chi connectivity index (χ4n) is 1.94. The zero-order valence-corrected chi connectivity index (χ0v) is 12.4. The van der Waals surface area contributed by atoms with Gasteiger partial charge in [-0.2, -0.15) is 10.2 Å². The smallest absolute Gasteiger partial charge is 0.124 e. The van der Waals surface area contributed by atoms with Crippen molar-refractivity contribution in [1.82, 2.24) is 0 Å². The zero-order chi connectivity index (χ0) is 16.3. The molecule has 0 aliphatic heterocycles. The molecule has 0 heterocycles. The molecule has 0 aliphatic carbocycles. The molecule has 0 aliphatic rings. The van der Waals surface area contributed by atoms with Gasteiger partial charge in [0.15, 0.2) is 0 Å². The Balaban J connectivity index is 2.36. The lowest BCUT2D eigenvalue weighted by Gasteiger charge is -2.05. The van der Waals surface area contributed by atoms with Crippen LogP contribution >= 0.6 is 0 Å². The van der Waals surface area contributed by atoms with Crippen LogP contribution in [0.4, 0.5) is 11.4 Å². The Kier molecular flexibility index (Phi) is 4.31. The molecule has 6 nitrogen and oxygen atoms in total. The SMILES string of the molecule is C/C(=N\N=C(/C)c1cc(N)ccc1O)c1cc(N)ccc1O. The van der Waals surface area contributed by atoms with E-state index in [1.54, 1.807) is 38.1 Å². The highest BCUT2D eigenvalue weighted by Crippen LogP contribution is 2.22. The van der Waals surface area contributed by atoms with Gasteiger partial charge >= 0.3 is 0 Å². The van der Waals surface area contributed by atoms with E-state index in [1.165, 1.54) is 12.1 Å². The number of phenolic OH excluding ortho intramolecular Hbond substituents is 2. The van der Waals surface area contributed by atoms with Gasteiger partial charge in [-0.3, -0.25) is 0 Å². The fraction of sp³-hybridized carbons (Fsp3) is 0.125. The summed E-state index contributed by atoms with van der Waals surface area (Å²) in [5, 5.41) is 27.8. The molecule has 6 N–H and O–H groups in total. The van der Waals surface area contributed by atoms with Gasteiger partial charge in [0.1, 0.15) is 11.5 Å². The highest BCUT2D eigenvalue weighted by Gasteiger charge is 2.07. The molecule has 2 aromatic carbocycles. The maximum Gasteiger partial charge on any atom is 0.124 e. The van der Waals surface area contributed by atoms with Crippen molar-refractivity contribution in [2.45, 2.75) is 13.8 Å². The lowest BCUT2D eigenvalue weighted by molar-refractivity contribution is 0.473. The van der Waals surface area contributed by atoms with Crippen LogP contribution in [0.5, 0.6) is 11.5 Å². The number of aromatic hydroxyl groups is 2. The second kappa shape index (κ2) is 6.17. The van der Waals surface area contributed by atoms with Crippen LogP contribution in [0, 0.1) is 0 Å². The number of nitrogens with two attached hydrogens (primary N) is 2. The Labute approximate surface area is 128 Å². The van der Waals surface area contributed by atoms with E-state index >= 15 is 0 Å². The normalized spacial score (nSPS) is 12.5. The summed E-state index contributed by atoms with van der Waals surface area (Å²) in [5.41, 5.74) is 14.5. The fourth-order valence-corrected chi connectivity index (χ4v) is 1.94. The van der Waals surface area contributed by atoms with Crippen LogP contribution < -0.4 is 11.5 Å². The third kappa shape index (κ3) is 3.35. The van der Waals surface area contributed by atoms with Gasteiger partial charge in [0.2, 0.25) is 0 Å². The molecule has 0 unspecified atom stereocenters. The minimum absolute atomic E-state index is 0.0788. The lowest BCUT2D eigenvalue weighted by atomic mass is 10.1. The summed E-state index contributed by atoms with van der Waals surface area (Å²) < 4.78 is 0. The Morgan fingerprint density at radius 1 is 0.773 bits per heavy atom. The third-order valence-corrected chi connectivity index (χ3v) is 3.17. The predicted octanol–water partition coefficient (Wildman–Crippen LogP) is 2.50. The van der Waals surface area contributed by atoms with Gasteiger partial charge in [-0.25, -0.2) is 0 Å². The molecule has 2 aromatic rings. The summed E-state index contributed by atoms with van der Waals surface area (Å²) >= 11 is 0. The largest absolute Gasteiger partial charge is 0.507 e. The van der Waals surface area contributed by atoms with E-state index in [4.69, 9.17) is 11.5 Å². The van der Waals surface area contributed by atoms with Gasteiger partial charge in [0.25, 0.3) is 0 Å². The Bertz CT molecular complexity index is 701. The average molecular weight is 298 g/mol. The van der Waals surface area contributed by atoms with Gasteiger partial charge in [-0.05, 0) is 50.2 Å². The van der Waals surface area contributed by atoms with Crippen molar-refractivity contribution >= 4 is 22.8 Å². The second-order valence-corrected chi connectivity index (χ2v) is 4.92. The molecule has 0 spiro atoms. The molecule has 0 saturated heterocycles. The topological polar surface area (TPSA) is 117 Å². The monoisotopic (exact) mass is 298 g/mol. The van der Waals surface area contributed by atoms with E-state index in [-0.39, 0.29) is 11.5 Å². The number of hydrogen-bond acceptors (Lipinski definition) is 6. The molecule has 0 radical (unpaired) electrons. The number of nitrogens with zero attached hydrogens (tertiary/aromatic N) is 2. The van der Waals surface area contributed by atoms with E-state index in [1.807, 2.05) is 0 Å². The molecule has 114 valence electrons. The number of nitrogen functional groups attached to an aromatic ring is 2. The molecule has 0 amide bonds. The molecule has 0 aromatic heterocycles. The molecule has 0 fully saturated rings. The minimum Gasteiger partial charge on any atom is -0.507 e. The summed E-state index contributed by atoms with van der Waals surface area (Å²) in [6, 6.07) is 9.46. The van der Waals surface area contributed by atoms with E-state index in [0.717, 1.165) is 0 Å². The van der Waals surface area contributed by atoms with E-state index < -0.39 is 0 Å². The quantitative estimate of drug-likeness (QED) is 0.301. The van der Waals surface area contributed by atoms with Gasteiger partial charge in [0.05, 0.1) is 11.4 Å². The van der Waals surface area contributed by atoms with Crippen molar-refractivity contribution in [2.24, 2.45) is 10.2 Å². The molecular weight excluding hydrogens is 280 g/mol. The summed E-state index contributed by atoms with van der Waals surface area (Å²) in [4.78, 5) is 0. The van der Waals surface area contributed by atoms with Crippen molar-refractivity contribution < 1.29 is 10.2 Å². The van der Waals surface area contributed by atoms with Crippen LogP contribution in [0.2, 0.25) is 0 Å². The number of anilines is 2. The molecule has 2 rings (SSSR count). The summed E-state index contributed by atoms with van der Waals surface area (Å²) in [7, 11) is 0. The number of rotatable bonds is 3. The van der Waals surface area contributed by atoms with Crippen LogP contribution in [0.1, 0.15) is 25.0 Å². The number of hydrogen-bond donors (Lipinski definition) is 4. The molecule has 6 heteroatoms. The number of benzene rings is 2. The highest BCUT2D eigenvalue weighted by molar-refractivity contribution is 6.04. The molecule has 22 heavy (non-hydrogen) atoms. The first-order valence-electron chi connectivity index (χ1n) is 6.65. The van der Waals surface area contributed by atoms with E-state index in [9.17, 15) is 10.2 Å². The van der Waals surface area contributed by atoms with Crippen LogP contribution in [0.3, 0.4) is 0 Å². The summed E-state index contributed by atoms with van der Waals surface area (Å²) in [6.45, 7) is 3.43. The van der Waals surface area contributed by atoms with Crippen molar-refractivity contribution in [1.29, 1.82) is 0 Å². The summed E-state index contributed by atoms with van der Waals surface area (Å²) in [5.74, 6) is 0.158. The van der Waals surface area contributed by atoms with Gasteiger partial charge in [-0.1, -0.05) is 0 Å². The van der Waals surface area contributed by atoms with Crippen LogP contribution in [-0.4, -0.2) is 21.6 Å². The van der Waals surface area contributed by atoms with E-state index in [2.05, 4.69) is 10.2 Å². The Hall–Kier alpha value is -3.02. The molecule has 0 atom stereocenters. The Morgan fingerprint density at radius 2 is 1.14 bits per heavy atom. The third-order valence-electron chi connectivity index (χ3n) is 3.17. The van der Waals surface area contributed by atoms with Crippen molar-refractivity contribution in [3.8, 4) is 11.5 Å². The summed E-state index contributed by atoms with van der Waals surface area (Å²) in [6.07, 6.45) is 0. The lowest BCUT2D eigenvalue weighted by Crippen LogP contribution is -1.99. The average Bonchev–Trinajstić information content (AvgIpc) is 2.49. The zero-order valence-electron chi connectivity index (χ0n) is 12.4. The first-order chi connectivity index (χ1) is 10.4. The van der Waals surface area contributed by atoms with Crippen molar-refractivity contribution in [3.63, 3.8) is 0 Å². The first kappa shape index (κ1) is 15.4.